The Morgan fingerprint density at radius 3 is 1.65 bits per heavy atom. The van der Waals surface area contributed by atoms with Gasteiger partial charge in [-0.05, 0) is 23.8 Å². The van der Waals surface area contributed by atoms with Gasteiger partial charge in [0, 0.05) is 0 Å². The molecule has 46 heavy (non-hydrogen) atoms. The number of carbonyl (C=O) groups excluding carboxylic acids is 4. The van der Waals surface area contributed by atoms with E-state index in [1.54, 1.807) is 0 Å². The molecule has 0 spiro atoms. The third-order valence-corrected chi connectivity index (χ3v) is 6.94. The van der Waals surface area contributed by atoms with E-state index in [0.29, 0.717) is 6.08 Å². The van der Waals surface area contributed by atoms with Crippen molar-refractivity contribution in [3.8, 4) is 11.5 Å². The van der Waals surface area contributed by atoms with Gasteiger partial charge in [-0.25, -0.2) is 0 Å². The number of Topliss-reactive ketones (excluding diaryl/α,β-unsaturated/α-hetero) is 3. The summed E-state index contributed by atoms with van der Waals surface area (Å²) < 4.78 is 0. The molecule has 19 nitrogen and oxygen atoms in total. The van der Waals surface area contributed by atoms with Crippen LogP contribution in [0.15, 0.2) is 46.9 Å². The maximum Gasteiger partial charge on any atom is 0.242 e. The number of carbonyl (C=O) groups is 4. The molecule has 0 saturated carbocycles. The number of allylic oxidation sites excluding steroid dienone is 2. The van der Waals surface area contributed by atoms with Gasteiger partial charge < -0.3 is 76.6 Å². The van der Waals surface area contributed by atoms with Gasteiger partial charge in [-0.3, -0.25) is 19.2 Å². The lowest BCUT2D eigenvalue weighted by Gasteiger charge is -2.35. The molecule has 0 saturated heterocycles. The number of hydrogen-bond donors (Lipinski definition) is 15. The predicted octanol–water partition coefficient (Wildman–Crippen LogP) is -6.37. The Labute approximate surface area is 257 Å². The summed E-state index contributed by atoms with van der Waals surface area (Å²) in [6.07, 6.45) is -19.9. The number of aromatic hydroxyl groups is 2. The van der Waals surface area contributed by atoms with Gasteiger partial charge in [0.05, 0.1) is 13.2 Å². The fourth-order valence-electron chi connectivity index (χ4n) is 4.12. The number of rotatable bonds is 15. The molecule has 2 rings (SSSR count). The van der Waals surface area contributed by atoms with Gasteiger partial charge in [0.2, 0.25) is 23.0 Å². The summed E-state index contributed by atoms with van der Waals surface area (Å²) in [6.45, 7) is -2.47. The Morgan fingerprint density at radius 2 is 1.17 bits per heavy atom. The topological polar surface area (TPSA) is 372 Å². The van der Waals surface area contributed by atoms with Crippen molar-refractivity contribution in [3.05, 3.63) is 52.5 Å². The average Bonchev–Trinajstić information content (AvgIpc) is 3.04. The molecule has 1 aliphatic rings. The summed E-state index contributed by atoms with van der Waals surface area (Å²) in [5, 5.41) is 150. The normalized spacial score (nSPS) is 22.6. The molecule has 1 aromatic carbocycles. The molecule has 0 aromatic heterocycles. The van der Waals surface area contributed by atoms with Gasteiger partial charge >= 0.3 is 0 Å². The third kappa shape index (κ3) is 7.14. The number of aliphatic hydroxyl groups is 13. The van der Waals surface area contributed by atoms with Gasteiger partial charge in [-0.2, -0.15) is 0 Å². The molecule has 0 radical (unpaired) electrons. The van der Waals surface area contributed by atoms with Crippen LogP contribution in [-0.2, 0) is 19.2 Å². The summed E-state index contributed by atoms with van der Waals surface area (Å²) in [4.78, 5) is 52.8. The standard InChI is InChI=1S/C27H32O19/c28-6-12(33)16(35)20(39)22(41)19(38)15-18(37)14(10(31)4-2-8-1-3-9(30)11(32)5-8)24(43)27(46,25(15)44)26(45)23(42)21(40)17(36)13(34)7-29/h1-5,12-13,16-17,20-23,28-30,32-36,39-44,46H,6-7H2/b4-2+/t12-,13-,16-,17-,20+,21+,22+,23-,27?/m1/s1. The molecule has 1 unspecified atom stereocenters. The zero-order chi connectivity index (χ0) is 35.4. The molecule has 9 atom stereocenters. The van der Waals surface area contributed by atoms with Crippen LogP contribution in [-0.4, -0.2) is 167 Å². The van der Waals surface area contributed by atoms with Crippen LogP contribution < -0.4 is 0 Å². The highest BCUT2D eigenvalue weighted by Gasteiger charge is 2.58. The molecular formula is C27H32O19. The van der Waals surface area contributed by atoms with Crippen molar-refractivity contribution in [2.24, 2.45) is 0 Å². The van der Waals surface area contributed by atoms with Crippen molar-refractivity contribution in [2.45, 2.75) is 54.4 Å². The van der Waals surface area contributed by atoms with E-state index in [2.05, 4.69) is 0 Å². The zero-order valence-corrected chi connectivity index (χ0v) is 23.3. The SMILES string of the molecule is O=C(/C=C/c1ccc(O)c(O)c1)C1=C(O)C(O)(C(=O)[C@H](O)[C@@H](O)[C@H](O)[C@H](O)CO)C(O)=C(C(=O)[C@H](O)[C@@H](O)[C@H](O)[C@H](O)CO)C1=O. The smallest absolute Gasteiger partial charge is 0.242 e. The molecule has 15 N–H and O–H groups in total. The third-order valence-electron chi connectivity index (χ3n) is 6.94. The molecule has 0 fully saturated rings. The van der Waals surface area contributed by atoms with E-state index in [1.807, 2.05) is 0 Å². The van der Waals surface area contributed by atoms with Crippen LogP contribution in [0.4, 0.5) is 0 Å². The fourth-order valence-corrected chi connectivity index (χ4v) is 4.12. The van der Waals surface area contributed by atoms with E-state index in [0.717, 1.165) is 24.3 Å². The van der Waals surface area contributed by atoms with Crippen LogP contribution in [0.25, 0.3) is 6.08 Å². The van der Waals surface area contributed by atoms with Crippen LogP contribution in [0.5, 0.6) is 11.5 Å². The monoisotopic (exact) mass is 660 g/mol. The number of hydrogen-bond acceptors (Lipinski definition) is 19. The van der Waals surface area contributed by atoms with Crippen LogP contribution in [0, 0.1) is 0 Å². The predicted molar refractivity (Wildman–Crippen MR) is 145 cm³/mol. The molecule has 1 aliphatic carbocycles. The average molecular weight is 661 g/mol. The minimum absolute atomic E-state index is 0.0435. The molecule has 19 heteroatoms. The summed E-state index contributed by atoms with van der Waals surface area (Å²) >= 11 is 0. The lowest BCUT2D eigenvalue weighted by atomic mass is 9.75. The van der Waals surface area contributed by atoms with Crippen molar-refractivity contribution < 1.29 is 95.8 Å². The van der Waals surface area contributed by atoms with Gasteiger partial charge in [0.15, 0.2) is 28.8 Å². The lowest BCUT2D eigenvalue weighted by Crippen LogP contribution is -2.58. The van der Waals surface area contributed by atoms with Crippen LogP contribution >= 0.6 is 0 Å². The zero-order valence-electron chi connectivity index (χ0n) is 23.3. The minimum atomic E-state index is -4.23. The van der Waals surface area contributed by atoms with Gasteiger partial charge in [-0.15, -0.1) is 0 Å². The van der Waals surface area contributed by atoms with Crippen molar-refractivity contribution in [3.63, 3.8) is 0 Å². The Bertz CT molecular complexity index is 1450. The van der Waals surface area contributed by atoms with Crippen molar-refractivity contribution in [1.82, 2.24) is 0 Å². The number of ketones is 4. The molecule has 1 aromatic rings. The Hall–Kier alpha value is -4.12. The van der Waals surface area contributed by atoms with E-state index in [4.69, 9.17) is 10.2 Å². The first-order valence-corrected chi connectivity index (χ1v) is 12.9. The highest BCUT2D eigenvalue weighted by Crippen LogP contribution is 2.38. The van der Waals surface area contributed by atoms with Crippen LogP contribution in [0.1, 0.15) is 5.56 Å². The number of phenolic OH excluding ortho intramolecular Hbond substituents is 2. The van der Waals surface area contributed by atoms with Crippen molar-refractivity contribution >= 4 is 29.2 Å². The first kappa shape index (κ1) is 38.1. The molecule has 0 heterocycles. The second-order valence-corrected chi connectivity index (χ2v) is 10.0. The van der Waals surface area contributed by atoms with E-state index < -0.39 is 125 Å². The van der Waals surface area contributed by atoms with E-state index in [1.165, 1.54) is 0 Å². The summed E-state index contributed by atoms with van der Waals surface area (Å²) in [5.74, 6) is -13.8. The van der Waals surface area contributed by atoms with Crippen LogP contribution in [0.2, 0.25) is 0 Å². The molecule has 0 aliphatic heterocycles. The highest BCUT2D eigenvalue weighted by molar-refractivity contribution is 6.39. The second-order valence-electron chi connectivity index (χ2n) is 10.0. The summed E-state index contributed by atoms with van der Waals surface area (Å²) in [6, 6.07) is 3.01. The Morgan fingerprint density at radius 1 is 0.696 bits per heavy atom. The Balaban J connectivity index is 2.76. The maximum atomic E-state index is 13.3. The lowest BCUT2D eigenvalue weighted by molar-refractivity contribution is -0.162. The van der Waals surface area contributed by atoms with E-state index in [-0.39, 0.29) is 5.56 Å². The Kier molecular flexibility index (Phi) is 12.4. The van der Waals surface area contributed by atoms with Gasteiger partial charge in [-0.1, -0.05) is 12.1 Å². The first-order chi connectivity index (χ1) is 21.3. The summed E-state index contributed by atoms with van der Waals surface area (Å²) in [5.41, 5.74) is -7.89. The number of phenols is 2. The van der Waals surface area contributed by atoms with Gasteiger partial charge in [0.25, 0.3) is 0 Å². The molecule has 254 valence electrons. The summed E-state index contributed by atoms with van der Waals surface area (Å²) in [7, 11) is 0. The molecule has 0 bridgehead atoms. The second kappa shape index (κ2) is 15.0. The van der Waals surface area contributed by atoms with Crippen molar-refractivity contribution in [2.75, 3.05) is 13.2 Å². The first-order valence-electron chi connectivity index (χ1n) is 12.9. The molecular weight excluding hydrogens is 628 g/mol. The van der Waals surface area contributed by atoms with E-state index >= 15 is 0 Å². The number of benzene rings is 1. The minimum Gasteiger partial charge on any atom is -0.507 e. The quantitative estimate of drug-likeness (QED) is 0.0472. The van der Waals surface area contributed by atoms with Crippen LogP contribution in [0.3, 0.4) is 0 Å². The largest absolute Gasteiger partial charge is 0.507 e. The van der Waals surface area contributed by atoms with Gasteiger partial charge in [0.1, 0.15) is 60.0 Å². The maximum absolute atomic E-state index is 13.3. The van der Waals surface area contributed by atoms with E-state index in [9.17, 15) is 85.6 Å². The highest BCUT2D eigenvalue weighted by atomic mass is 16.4. The number of aliphatic hydroxyl groups excluding tert-OH is 12. The molecule has 0 amide bonds. The fraction of sp³-hybridized carbons (Fsp3) is 0.407. The van der Waals surface area contributed by atoms with Crippen molar-refractivity contribution in [1.29, 1.82) is 0 Å².